The standard InChI is InChI=1S/C31H24N2O4/c1-36-22-16-14-21(15-17-22)30(35)31-29(32-23-11-5-6-13-26(23)37-31)28-24-12-7-8-18-33(24)25(19-34)27(28)20-9-3-2-4-10-20/h2-19,29,31-32H,1H3/t29-,31+/m0/s1. The highest BCUT2D eigenvalue weighted by Crippen LogP contribution is 2.44. The van der Waals surface area contributed by atoms with Crippen molar-refractivity contribution < 1.29 is 19.1 Å². The third-order valence-corrected chi connectivity index (χ3v) is 6.79. The Morgan fingerprint density at radius 2 is 1.65 bits per heavy atom. The van der Waals surface area contributed by atoms with Crippen LogP contribution in [-0.4, -0.2) is 29.7 Å². The lowest BCUT2D eigenvalue weighted by Gasteiger charge is -2.35. The second kappa shape index (κ2) is 9.32. The maximum Gasteiger partial charge on any atom is 0.205 e. The van der Waals surface area contributed by atoms with Gasteiger partial charge in [-0.15, -0.1) is 0 Å². The van der Waals surface area contributed by atoms with E-state index < -0.39 is 12.1 Å². The van der Waals surface area contributed by atoms with Gasteiger partial charge in [0.15, 0.2) is 12.4 Å². The number of nitrogens with zero attached hydrogens (tertiary/aromatic N) is 1. The van der Waals surface area contributed by atoms with Gasteiger partial charge in [-0.2, -0.15) is 0 Å². The van der Waals surface area contributed by atoms with Gasteiger partial charge in [-0.05, 0) is 54.1 Å². The van der Waals surface area contributed by atoms with Gasteiger partial charge in [-0.1, -0.05) is 48.5 Å². The van der Waals surface area contributed by atoms with E-state index in [-0.39, 0.29) is 5.78 Å². The molecule has 0 fully saturated rings. The molecule has 1 aliphatic rings. The van der Waals surface area contributed by atoms with Crippen LogP contribution in [0.3, 0.4) is 0 Å². The zero-order valence-electron chi connectivity index (χ0n) is 20.1. The number of rotatable bonds is 6. The topological polar surface area (TPSA) is 69.0 Å². The number of benzene rings is 3. The van der Waals surface area contributed by atoms with Crippen LogP contribution < -0.4 is 14.8 Å². The Morgan fingerprint density at radius 1 is 0.919 bits per heavy atom. The summed E-state index contributed by atoms with van der Waals surface area (Å²) in [4.78, 5) is 26.4. The molecular weight excluding hydrogens is 464 g/mol. The highest BCUT2D eigenvalue weighted by atomic mass is 16.5. The quantitative estimate of drug-likeness (QED) is 0.227. The van der Waals surface area contributed by atoms with Crippen LogP contribution in [0.25, 0.3) is 16.6 Å². The third-order valence-electron chi connectivity index (χ3n) is 6.79. The maximum absolute atomic E-state index is 14.0. The monoisotopic (exact) mass is 488 g/mol. The Bertz CT molecular complexity index is 1610. The molecule has 6 heteroatoms. The molecule has 2 atom stereocenters. The molecule has 0 saturated heterocycles. The van der Waals surface area contributed by atoms with E-state index >= 15 is 0 Å². The highest BCUT2D eigenvalue weighted by Gasteiger charge is 2.40. The number of Topliss-reactive ketones (excluding diaryl/α,β-unsaturated/α-hetero) is 1. The fourth-order valence-electron chi connectivity index (χ4n) is 5.08. The van der Waals surface area contributed by atoms with Crippen molar-refractivity contribution in [3.63, 3.8) is 0 Å². The molecule has 0 amide bonds. The number of ether oxygens (including phenoxy) is 2. The SMILES string of the molecule is COc1ccc(C(=O)[C@@H]2Oc3ccccc3N[C@H]2c2c(-c3ccccc3)c(C=O)n3ccccc23)cc1. The highest BCUT2D eigenvalue weighted by molar-refractivity contribution is 6.02. The molecule has 5 aromatic rings. The minimum Gasteiger partial charge on any atom is -0.497 e. The first-order chi connectivity index (χ1) is 18.2. The first-order valence-corrected chi connectivity index (χ1v) is 12.0. The average Bonchev–Trinajstić information content (AvgIpc) is 3.31. The number of methoxy groups -OCH3 is 1. The minimum atomic E-state index is -0.878. The Kier molecular flexibility index (Phi) is 5.69. The van der Waals surface area contributed by atoms with Crippen molar-refractivity contribution in [1.82, 2.24) is 4.40 Å². The molecule has 182 valence electrons. The number of para-hydroxylation sites is 2. The Morgan fingerprint density at radius 3 is 2.41 bits per heavy atom. The fourth-order valence-corrected chi connectivity index (χ4v) is 5.08. The number of aldehydes is 1. The van der Waals surface area contributed by atoms with Crippen LogP contribution in [0.1, 0.15) is 32.5 Å². The van der Waals surface area contributed by atoms with Crippen molar-refractivity contribution in [1.29, 1.82) is 0 Å². The van der Waals surface area contributed by atoms with Gasteiger partial charge in [0.1, 0.15) is 11.5 Å². The summed E-state index contributed by atoms with van der Waals surface area (Å²) in [5, 5.41) is 3.58. The summed E-state index contributed by atoms with van der Waals surface area (Å²) in [6.45, 7) is 0. The second-order valence-corrected chi connectivity index (χ2v) is 8.86. The molecule has 1 N–H and O–H groups in total. The molecule has 6 rings (SSSR count). The summed E-state index contributed by atoms with van der Waals surface area (Å²) in [6, 6.07) is 29.6. The predicted octanol–water partition coefficient (Wildman–Crippen LogP) is 6.22. The van der Waals surface area contributed by atoms with Crippen molar-refractivity contribution in [2.24, 2.45) is 0 Å². The van der Waals surface area contributed by atoms with Gasteiger partial charge in [0.2, 0.25) is 5.78 Å². The molecule has 1 aliphatic heterocycles. The number of nitrogens with one attached hydrogen (secondary N) is 1. The number of anilines is 1. The Balaban J connectivity index is 1.58. The average molecular weight is 489 g/mol. The number of fused-ring (bicyclic) bond motifs is 2. The second-order valence-electron chi connectivity index (χ2n) is 8.86. The molecule has 37 heavy (non-hydrogen) atoms. The van der Waals surface area contributed by atoms with E-state index in [1.807, 2.05) is 83.4 Å². The van der Waals surface area contributed by atoms with Crippen LogP contribution in [0, 0.1) is 0 Å². The summed E-state index contributed by atoms with van der Waals surface area (Å²) in [6.07, 6.45) is 1.86. The van der Waals surface area contributed by atoms with Crippen LogP contribution in [0.5, 0.6) is 11.5 Å². The number of ketones is 1. The lowest BCUT2D eigenvalue weighted by molar-refractivity contribution is 0.0746. The summed E-state index contributed by atoms with van der Waals surface area (Å²) >= 11 is 0. The van der Waals surface area contributed by atoms with Crippen molar-refractivity contribution in [3.8, 4) is 22.6 Å². The Labute approximate surface area is 214 Å². The number of hydrogen-bond donors (Lipinski definition) is 1. The van der Waals surface area contributed by atoms with E-state index in [9.17, 15) is 9.59 Å². The van der Waals surface area contributed by atoms with Crippen molar-refractivity contribution in [3.05, 3.63) is 120 Å². The number of aromatic nitrogens is 1. The maximum atomic E-state index is 14.0. The van der Waals surface area contributed by atoms with Crippen molar-refractivity contribution >= 4 is 23.3 Å². The van der Waals surface area contributed by atoms with E-state index in [4.69, 9.17) is 9.47 Å². The van der Waals surface area contributed by atoms with Gasteiger partial charge in [-0.3, -0.25) is 9.59 Å². The summed E-state index contributed by atoms with van der Waals surface area (Å²) in [7, 11) is 1.59. The number of carbonyl (C=O) groups is 2. The van der Waals surface area contributed by atoms with Gasteiger partial charge in [0.25, 0.3) is 0 Å². The lowest BCUT2D eigenvalue weighted by Crippen LogP contribution is -2.41. The van der Waals surface area contributed by atoms with E-state index in [1.165, 1.54) is 0 Å². The van der Waals surface area contributed by atoms with Crippen LogP contribution in [-0.2, 0) is 0 Å². The number of hydrogen-bond acceptors (Lipinski definition) is 5. The fraction of sp³-hybridized carbons (Fsp3) is 0.0968. The Hall–Kier alpha value is -4.84. The zero-order valence-corrected chi connectivity index (χ0v) is 20.1. The lowest BCUT2D eigenvalue weighted by atomic mass is 9.88. The van der Waals surface area contributed by atoms with Gasteiger partial charge >= 0.3 is 0 Å². The molecule has 0 bridgehead atoms. The van der Waals surface area contributed by atoms with E-state index in [0.29, 0.717) is 22.8 Å². The van der Waals surface area contributed by atoms with E-state index in [0.717, 1.165) is 34.2 Å². The van der Waals surface area contributed by atoms with E-state index in [1.54, 1.807) is 31.4 Å². The molecule has 0 aliphatic carbocycles. The van der Waals surface area contributed by atoms with Crippen molar-refractivity contribution in [2.45, 2.75) is 12.1 Å². The summed E-state index contributed by atoms with van der Waals surface area (Å²) in [5.41, 5.74) is 5.14. The molecule has 0 spiro atoms. The first kappa shape index (κ1) is 22.6. The molecule has 0 saturated carbocycles. The largest absolute Gasteiger partial charge is 0.497 e. The normalized spacial score (nSPS) is 16.4. The smallest absolute Gasteiger partial charge is 0.205 e. The summed E-state index contributed by atoms with van der Waals surface area (Å²) < 4.78 is 13.6. The summed E-state index contributed by atoms with van der Waals surface area (Å²) in [5.74, 6) is 1.10. The molecule has 3 aromatic carbocycles. The molecule has 3 heterocycles. The predicted molar refractivity (Wildman–Crippen MR) is 143 cm³/mol. The first-order valence-electron chi connectivity index (χ1n) is 12.0. The number of carbonyl (C=O) groups excluding carboxylic acids is 2. The molecule has 6 nitrogen and oxygen atoms in total. The van der Waals surface area contributed by atoms with Crippen molar-refractivity contribution in [2.75, 3.05) is 12.4 Å². The van der Waals surface area contributed by atoms with Crippen LogP contribution in [0.4, 0.5) is 5.69 Å². The minimum absolute atomic E-state index is 0.170. The van der Waals surface area contributed by atoms with Gasteiger partial charge in [0.05, 0.1) is 30.0 Å². The van der Waals surface area contributed by atoms with E-state index in [2.05, 4.69) is 5.32 Å². The van der Waals surface area contributed by atoms with Crippen LogP contribution in [0.15, 0.2) is 103 Å². The van der Waals surface area contributed by atoms with Gasteiger partial charge in [0, 0.05) is 22.9 Å². The zero-order chi connectivity index (χ0) is 25.4. The molecule has 2 aromatic heterocycles. The molecule has 0 radical (unpaired) electrons. The van der Waals surface area contributed by atoms with Crippen LogP contribution >= 0.6 is 0 Å². The van der Waals surface area contributed by atoms with Gasteiger partial charge in [-0.25, -0.2) is 0 Å². The molecule has 0 unspecified atom stereocenters. The molecular formula is C31H24N2O4. The van der Waals surface area contributed by atoms with Crippen LogP contribution in [0.2, 0.25) is 0 Å². The number of pyridine rings is 1. The third kappa shape index (κ3) is 3.83. The van der Waals surface area contributed by atoms with Gasteiger partial charge < -0.3 is 19.2 Å².